The van der Waals surface area contributed by atoms with E-state index in [0.29, 0.717) is 6.42 Å². The monoisotopic (exact) mass is 275 g/mol. The molecule has 0 aliphatic carbocycles. The van der Waals surface area contributed by atoms with Crippen molar-refractivity contribution in [3.8, 4) is 0 Å². The number of nitrogens with one attached hydrogen (secondary N) is 1. The molecule has 0 heterocycles. The second kappa shape index (κ2) is 7.17. The van der Waals surface area contributed by atoms with Crippen LogP contribution in [-0.2, 0) is 13.8 Å². The van der Waals surface area contributed by atoms with Crippen LogP contribution in [0.4, 0.5) is 4.79 Å². The number of hydrogen-bond donors (Lipinski definition) is 4. The molecule has 4 N–H and O–H groups in total. The first-order valence-corrected chi connectivity index (χ1v) is 7.30. The van der Waals surface area contributed by atoms with Crippen LogP contribution in [0.25, 0.3) is 0 Å². The van der Waals surface area contributed by atoms with Gasteiger partial charge in [0.25, 0.3) is 0 Å². The van der Waals surface area contributed by atoms with Gasteiger partial charge >= 0.3 is 13.7 Å². The number of hydrogen-bond acceptors (Lipinski definition) is 6. The lowest BCUT2D eigenvalue weighted by Gasteiger charge is -2.22. The highest BCUT2D eigenvalue weighted by Gasteiger charge is 2.39. The third kappa shape index (κ3) is 5.21. The van der Waals surface area contributed by atoms with Crippen molar-refractivity contribution in [1.82, 2.24) is 5.32 Å². The molecule has 8 nitrogen and oxygen atoms in total. The molecule has 2 unspecified atom stereocenters. The smallest absolute Gasteiger partial charge is 0.408 e. The van der Waals surface area contributed by atoms with Crippen LogP contribution in [0.1, 0.15) is 13.3 Å². The Morgan fingerprint density at radius 3 is 2.50 bits per heavy atom. The van der Waals surface area contributed by atoms with Crippen molar-refractivity contribution in [2.75, 3.05) is 13.7 Å². The van der Waals surface area contributed by atoms with Crippen LogP contribution in [-0.4, -0.2) is 40.0 Å². The molecule has 0 aromatic carbocycles. The maximum absolute atomic E-state index is 11.3. The SMILES string of the molecule is CCCOC(=O)NC(P(O)O)P(=O)(O)OC. The lowest BCUT2D eigenvalue weighted by atomic mass is 10.5. The van der Waals surface area contributed by atoms with Crippen LogP contribution in [0.15, 0.2) is 0 Å². The van der Waals surface area contributed by atoms with Crippen LogP contribution in [0.5, 0.6) is 0 Å². The Morgan fingerprint density at radius 1 is 1.56 bits per heavy atom. The third-order valence-electron chi connectivity index (χ3n) is 1.47. The predicted molar refractivity (Wildman–Crippen MR) is 56.8 cm³/mol. The number of rotatable bonds is 6. The summed E-state index contributed by atoms with van der Waals surface area (Å²) in [6, 6.07) is 0. The van der Waals surface area contributed by atoms with Gasteiger partial charge in [0.2, 0.25) is 13.9 Å². The fraction of sp³-hybridized carbons (Fsp3) is 0.833. The van der Waals surface area contributed by atoms with Crippen LogP contribution < -0.4 is 5.32 Å². The quantitative estimate of drug-likeness (QED) is 0.521. The number of amides is 1. The summed E-state index contributed by atoms with van der Waals surface area (Å²) in [6.07, 6.45) is -0.430. The molecule has 2 atom stereocenters. The van der Waals surface area contributed by atoms with Crippen LogP contribution >= 0.6 is 16.0 Å². The van der Waals surface area contributed by atoms with E-state index in [0.717, 1.165) is 7.11 Å². The second-order valence-electron chi connectivity index (χ2n) is 2.72. The molecule has 0 rings (SSSR count). The van der Waals surface area contributed by atoms with Gasteiger partial charge in [-0.15, -0.1) is 0 Å². The minimum atomic E-state index is -4.31. The second-order valence-corrected chi connectivity index (χ2v) is 6.30. The molecule has 0 saturated heterocycles. The number of ether oxygens (including phenoxy) is 1. The molecule has 96 valence electrons. The summed E-state index contributed by atoms with van der Waals surface area (Å²) in [5.74, 6) is 0. The summed E-state index contributed by atoms with van der Waals surface area (Å²) < 4.78 is 20.1. The van der Waals surface area contributed by atoms with Gasteiger partial charge in [-0.2, -0.15) is 0 Å². The summed E-state index contributed by atoms with van der Waals surface area (Å²) in [6.45, 7) is 1.89. The molecule has 0 aliphatic rings. The molecule has 1 amide bonds. The Hall–Kier alpha value is -0.230. The highest BCUT2D eigenvalue weighted by atomic mass is 31.2. The van der Waals surface area contributed by atoms with E-state index in [1.165, 1.54) is 0 Å². The van der Waals surface area contributed by atoms with E-state index in [2.05, 4.69) is 9.26 Å². The highest BCUT2D eigenvalue weighted by Crippen LogP contribution is 2.56. The van der Waals surface area contributed by atoms with Crippen molar-refractivity contribution in [3.05, 3.63) is 0 Å². The lowest BCUT2D eigenvalue weighted by molar-refractivity contribution is 0.145. The molecule has 0 aromatic rings. The zero-order chi connectivity index (χ0) is 12.8. The Kier molecular flexibility index (Phi) is 7.06. The normalized spacial score (nSPS) is 16.6. The van der Waals surface area contributed by atoms with Crippen molar-refractivity contribution < 1.29 is 33.3 Å². The fourth-order valence-electron chi connectivity index (χ4n) is 0.712. The van der Waals surface area contributed by atoms with Gasteiger partial charge in [0.05, 0.1) is 6.61 Å². The summed E-state index contributed by atoms with van der Waals surface area (Å²) >= 11 is 0. The van der Waals surface area contributed by atoms with Gasteiger partial charge in [-0.05, 0) is 6.42 Å². The van der Waals surface area contributed by atoms with E-state index in [9.17, 15) is 14.3 Å². The van der Waals surface area contributed by atoms with Gasteiger partial charge in [-0.25, -0.2) is 4.79 Å². The van der Waals surface area contributed by atoms with Gasteiger partial charge in [-0.1, -0.05) is 6.92 Å². The molecule has 0 spiro atoms. The number of alkyl carbamates (subject to hydrolysis) is 1. The largest absolute Gasteiger partial charge is 0.450 e. The van der Waals surface area contributed by atoms with Crippen LogP contribution in [0, 0.1) is 0 Å². The van der Waals surface area contributed by atoms with Gasteiger partial charge in [-0.3, -0.25) is 9.88 Å². The topological polar surface area (TPSA) is 125 Å². The van der Waals surface area contributed by atoms with E-state index >= 15 is 0 Å². The molecule has 0 radical (unpaired) electrons. The van der Waals surface area contributed by atoms with E-state index in [1.807, 2.05) is 5.32 Å². The lowest BCUT2D eigenvalue weighted by Crippen LogP contribution is -2.34. The first-order valence-electron chi connectivity index (χ1n) is 4.33. The molecule has 0 aromatic heterocycles. The zero-order valence-corrected chi connectivity index (χ0v) is 10.6. The molecule has 0 fully saturated rings. The summed E-state index contributed by atoms with van der Waals surface area (Å²) in [4.78, 5) is 38.0. The van der Waals surface area contributed by atoms with Gasteiger partial charge in [0.15, 0.2) is 0 Å². The molecule has 10 heteroatoms. The Morgan fingerprint density at radius 2 is 2.12 bits per heavy atom. The average Bonchev–Trinajstić information content (AvgIpc) is 2.22. The highest BCUT2D eigenvalue weighted by molar-refractivity contribution is 7.68. The Bertz CT molecular complexity index is 272. The van der Waals surface area contributed by atoms with Crippen molar-refractivity contribution in [3.63, 3.8) is 0 Å². The number of carbonyl (C=O) groups excluding carboxylic acids is 1. The fourth-order valence-corrected chi connectivity index (χ4v) is 2.73. The first-order chi connectivity index (χ1) is 7.35. The Balaban J connectivity index is 4.47. The van der Waals surface area contributed by atoms with E-state index < -0.39 is 27.6 Å². The van der Waals surface area contributed by atoms with Crippen molar-refractivity contribution in [2.45, 2.75) is 18.9 Å². The van der Waals surface area contributed by atoms with E-state index in [-0.39, 0.29) is 6.61 Å². The summed E-state index contributed by atoms with van der Waals surface area (Å²) in [5, 5.41) is 1.87. The van der Waals surface area contributed by atoms with E-state index in [4.69, 9.17) is 9.79 Å². The maximum Gasteiger partial charge on any atom is 0.408 e. The van der Waals surface area contributed by atoms with Gasteiger partial charge < -0.3 is 23.9 Å². The van der Waals surface area contributed by atoms with Gasteiger partial charge in [0.1, 0.15) is 0 Å². The number of carbonyl (C=O) groups is 1. The zero-order valence-electron chi connectivity index (χ0n) is 8.86. The van der Waals surface area contributed by atoms with Crippen molar-refractivity contribution >= 4 is 22.1 Å². The maximum atomic E-state index is 11.3. The molecule has 16 heavy (non-hydrogen) atoms. The van der Waals surface area contributed by atoms with Gasteiger partial charge in [0, 0.05) is 7.11 Å². The molecule has 0 aliphatic heterocycles. The molecular weight excluding hydrogens is 260 g/mol. The standard InChI is InChI=1S/C6H15NO7P2/c1-3-4-14-5(8)7-6(15(9)10)16(11,12)13-2/h6,9-10H,3-4H2,1-2H3,(H,7,8)(H,11,12). The van der Waals surface area contributed by atoms with Crippen molar-refractivity contribution in [2.24, 2.45) is 0 Å². The molecular formula is C6H15NO7P2. The first kappa shape index (κ1) is 15.8. The predicted octanol–water partition coefficient (Wildman–Crippen LogP) is 0.534. The minimum absolute atomic E-state index is 0.121. The third-order valence-corrected chi connectivity index (χ3v) is 4.81. The minimum Gasteiger partial charge on any atom is -0.450 e. The Labute approximate surface area is 94.0 Å². The summed E-state index contributed by atoms with van der Waals surface area (Å²) in [7, 11) is -6.24. The average molecular weight is 275 g/mol. The van der Waals surface area contributed by atoms with Crippen LogP contribution in [0.3, 0.4) is 0 Å². The molecule has 0 bridgehead atoms. The molecule has 0 saturated carbocycles. The summed E-state index contributed by atoms with van der Waals surface area (Å²) in [5.41, 5.74) is -1.78. The van der Waals surface area contributed by atoms with E-state index in [1.54, 1.807) is 6.92 Å². The van der Waals surface area contributed by atoms with Crippen molar-refractivity contribution in [1.29, 1.82) is 0 Å². The van der Waals surface area contributed by atoms with Crippen LogP contribution in [0.2, 0.25) is 0 Å².